The van der Waals surface area contributed by atoms with Gasteiger partial charge in [-0.2, -0.15) is 5.10 Å². The molecule has 0 unspecified atom stereocenters. The van der Waals surface area contributed by atoms with Crippen LogP contribution in [0.15, 0.2) is 17.2 Å². The number of aromatic hydroxyl groups is 1. The number of carbonyl (C=O) groups excluding carboxylic acids is 2. The van der Waals surface area contributed by atoms with Crippen LogP contribution in [0.4, 0.5) is 5.69 Å². The second kappa shape index (κ2) is 8.43. The van der Waals surface area contributed by atoms with Gasteiger partial charge in [0.25, 0.3) is 5.91 Å². The van der Waals surface area contributed by atoms with E-state index in [9.17, 15) is 24.8 Å². The average Bonchev–Trinajstić information content (AvgIpc) is 2.75. The minimum Gasteiger partial charge on any atom is -0.502 e. The van der Waals surface area contributed by atoms with Crippen molar-refractivity contribution in [2.75, 3.05) is 13.1 Å². The van der Waals surface area contributed by atoms with Gasteiger partial charge in [-0.15, -0.1) is 0 Å². The summed E-state index contributed by atoms with van der Waals surface area (Å²) in [7, 11) is 0. The molecule has 2 N–H and O–H groups in total. The quantitative estimate of drug-likeness (QED) is 0.465. The Morgan fingerprint density at radius 1 is 1.44 bits per heavy atom. The second-order valence-corrected chi connectivity index (χ2v) is 5.98. The third-order valence-electron chi connectivity index (χ3n) is 3.68. The summed E-state index contributed by atoms with van der Waals surface area (Å²) in [6.07, 6.45) is 4.10. The van der Waals surface area contributed by atoms with Gasteiger partial charge < -0.3 is 10.0 Å². The van der Waals surface area contributed by atoms with Crippen LogP contribution in [0.25, 0.3) is 0 Å². The van der Waals surface area contributed by atoms with E-state index >= 15 is 0 Å². The molecule has 1 heterocycles. The molecule has 0 saturated carbocycles. The van der Waals surface area contributed by atoms with E-state index in [0.717, 1.165) is 31.5 Å². The first-order chi connectivity index (χ1) is 11.9. The Hall–Kier alpha value is -2.68. The van der Waals surface area contributed by atoms with E-state index in [1.807, 2.05) is 0 Å². The SMILES string of the molecule is O=C(CN1CCCCCC1=O)N/N=C\c1cc(Cl)cc([N+](=O)[O-])c1O. The molecule has 0 atom stereocenters. The second-order valence-electron chi connectivity index (χ2n) is 5.54. The first-order valence-electron chi connectivity index (χ1n) is 7.65. The van der Waals surface area contributed by atoms with Gasteiger partial charge in [-0.25, -0.2) is 5.43 Å². The van der Waals surface area contributed by atoms with E-state index in [-0.39, 0.29) is 23.0 Å². The van der Waals surface area contributed by atoms with E-state index in [1.54, 1.807) is 0 Å². The Bertz CT molecular complexity index is 722. The molecule has 10 heteroatoms. The summed E-state index contributed by atoms with van der Waals surface area (Å²) in [6, 6.07) is 2.29. The summed E-state index contributed by atoms with van der Waals surface area (Å²) in [6.45, 7) is 0.412. The molecule has 1 aromatic carbocycles. The molecule has 0 aromatic heterocycles. The smallest absolute Gasteiger partial charge is 0.312 e. The zero-order valence-corrected chi connectivity index (χ0v) is 14.0. The van der Waals surface area contributed by atoms with Gasteiger partial charge >= 0.3 is 5.69 Å². The number of halogens is 1. The number of hydrazone groups is 1. The fourth-order valence-corrected chi connectivity index (χ4v) is 2.65. The Kier molecular flexibility index (Phi) is 6.29. The summed E-state index contributed by atoms with van der Waals surface area (Å²) in [5.74, 6) is -1.17. The number of rotatable bonds is 5. The van der Waals surface area contributed by atoms with Gasteiger partial charge in [-0.1, -0.05) is 18.0 Å². The lowest BCUT2D eigenvalue weighted by Crippen LogP contribution is -2.39. The number of benzene rings is 1. The highest BCUT2D eigenvalue weighted by atomic mass is 35.5. The summed E-state index contributed by atoms with van der Waals surface area (Å²) in [5, 5.41) is 24.3. The molecular formula is C15H17ClN4O5. The van der Waals surface area contributed by atoms with Crippen molar-refractivity contribution in [3.05, 3.63) is 32.8 Å². The maximum absolute atomic E-state index is 11.9. The van der Waals surface area contributed by atoms with E-state index in [1.165, 1.54) is 11.0 Å². The Morgan fingerprint density at radius 3 is 2.92 bits per heavy atom. The third kappa shape index (κ3) is 5.15. The molecule has 1 aliphatic heterocycles. The van der Waals surface area contributed by atoms with E-state index in [4.69, 9.17) is 11.6 Å². The zero-order chi connectivity index (χ0) is 18.4. The van der Waals surface area contributed by atoms with Crippen LogP contribution in [0, 0.1) is 10.1 Å². The predicted molar refractivity (Wildman–Crippen MR) is 90.6 cm³/mol. The zero-order valence-electron chi connectivity index (χ0n) is 13.3. The highest BCUT2D eigenvalue weighted by Crippen LogP contribution is 2.32. The van der Waals surface area contributed by atoms with Gasteiger partial charge in [0, 0.05) is 29.6 Å². The molecular weight excluding hydrogens is 352 g/mol. The molecule has 134 valence electrons. The Balaban J connectivity index is 1.99. The number of carbonyl (C=O) groups is 2. The molecule has 1 fully saturated rings. The highest BCUT2D eigenvalue weighted by Gasteiger charge is 2.19. The summed E-state index contributed by atoms with van der Waals surface area (Å²) >= 11 is 5.76. The molecule has 1 saturated heterocycles. The minimum atomic E-state index is -0.776. The molecule has 0 bridgehead atoms. The molecule has 1 aliphatic rings. The lowest BCUT2D eigenvalue weighted by atomic mass is 10.2. The molecule has 0 spiro atoms. The fraction of sp³-hybridized carbons (Fsp3) is 0.400. The lowest BCUT2D eigenvalue weighted by molar-refractivity contribution is -0.385. The monoisotopic (exact) mass is 368 g/mol. The van der Waals surface area contributed by atoms with Crippen molar-refractivity contribution in [2.24, 2.45) is 5.10 Å². The van der Waals surface area contributed by atoms with Gasteiger partial charge in [0.15, 0.2) is 0 Å². The molecule has 25 heavy (non-hydrogen) atoms. The maximum atomic E-state index is 11.9. The van der Waals surface area contributed by atoms with Crippen LogP contribution in [0.5, 0.6) is 5.75 Å². The van der Waals surface area contributed by atoms with Crippen LogP contribution < -0.4 is 5.43 Å². The first kappa shape index (κ1) is 18.7. The number of hydrogen-bond acceptors (Lipinski definition) is 6. The van der Waals surface area contributed by atoms with Gasteiger partial charge in [0.1, 0.15) is 6.54 Å². The Labute approximate surface area is 148 Å². The topological polar surface area (TPSA) is 125 Å². The number of phenolic OH excluding ortho intramolecular Hbond substituents is 1. The molecule has 2 rings (SSSR count). The third-order valence-corrected chi connectivity index (χ3v) is 3.90. The normalized spacial score (nSPS) is 15.2. The number of nitro benzene ring substituents is 1. The number of amides is 2. The number of nitro groups is 1. The number of hydrogen-bond donors (Lipinski definition) is 2. The lowest BCUT2D eigenvalue weighted by Gasteiger charge is -2.18. The predicted octanol–water partition coefficient (Wildman–Crippen LogP) is 1.81. The van der Waals surface area contributed by atoms with Crippen molar-refractivity contribution >= 4 is 35.3 Å². The molecule has 9 nitrogen and oxygen atoms in total. The van der Waals surface area contributed by atoms with Crippen LogP contribution >= 0.6 is 11.6 Å². The van der Waals surface area contributed by atoms with Crippen molar-refractivity contribution < 1.29 is 19.6 Å². The average molecular weight is 369 g/mol. The highest BCUT2D eigenvalue weighted by molar-refractivity contribution is 6.31. The number of nitrogens with zero attached hydrogens (tertiary/aromatic N) is 3. The minimum absolute atomic E-state index is 0.00894. The van der Waals surface area contributed by atoms with Crippen molar-refractivity contribution in [2.45, 2.75) is 25.7 Å². The molecule has 0 radical (unpaired) electrons. The van der Waals surface area contributed by atoms with Crippen molar-refractivity contribution in [3.8, 4) is 5.75 Å². The summed E-state index contributed by atoms with van der Waals surface area (Å²) < 4.78 is 0. The first-order valence-corrected chi connectivity index (χ1v) is 8.03. The van der Waals surface area contributed by atoms with E-state index in [2.05, 4.69) is 10.5 Å². The summed E-state index contributed by atoms with van der Waals surface area (Å²) in [4.78, 5) is 35.2. The van der Waals surface area contributed by atoms with Crippen LogP contribution in [-0.2, 0) is 9.59 Å². The maximum Gasteiger partial charge on any atom is 0.312 e. The van der Waals surface area contributed by atoms with Gasteiger partial charge in [-0.3, -0.25) is 19.7 Å². The van der Waals surface area contributed by atoms with E-state index < -0.39 is 22.3 Å². The van der Waals surface area contributed by atoms with Gasteiger partial charge in [0.05, 0.1) is 11.1 Å². The number of nitrogens with one attached hydrogen (secondary N) is 1. The molecule has 2 amide bonds. The van der Waals surface area contributed by atoms with Gasteiger partial charge in [-0.05, 0) is 18.9 Å². The van der Waals surface area contributed by atoms with Crippen molar-refractivity contribution in [3.63, 3.8) is 0 Å². The number of likely N-dealkylation sites (tertiary alicyclic amines) is 1. The molecule has 1 aromatic rings. The fourth-order valence-electron chi connectivity index (χ4n) is 2.43. The number of phenols is 1. The molecule has 0 aliphatic carbocycles. The standard InChI is InChI=1S/C15H17ClN4O5/c16-11-6-10(15(23)12(7-11)20(24)25)8-17-18-13(21)9-19-5-3-1-2-4-14(19)22/h6-8,23H,1-5,9H2,(H,18,21)/b17-8-. The van der Waals surface area contributed by atoms with E-state index in [0.29, 0.717) is 13.0 Å². The van der Waals surface area contributed by atoms with Crippen LogP contribution in [-0.4, -0.2) is 46.0 Å². The van der Waals surface area contributed by atoms with Crippen molar-refractivity contribution in [1.29, 1.82) is 0 Å². The van der Waals surface area contributed by atoms with Crippen molar-refractivity contribution in [1.82, 2.24) is 10.3 Å². The van der Waals surface area contributed by atoms with Crippen LogP contribution in [0.3, 0.4) is 0 Å². The largest absolute Gasteiger partial charge is 0.502 e. The van der Waals surface area contributed by atoms with Gasteiger partial charge in [0.2, 0.25) is 11.7 Å². The summed E-state index contributed by atoms with van der Waals surface area (Å²) in [5.41, 5.74) is 1.66. The Morgan fingerprint density at radius 2 is 2.20 bits per heavy atom. The van der Waals surface area contributed by atoms with Crippen LogP contribution in [0.2, 0.25) is 5.02 Å². The van der Waals surface area contributed by atoms with Crippen LogP contribution in [0.1, 0.15) is 31.2 Å².